The van der Waals surface area contributed by atoms with E-state index in [4.69, 9.17) is 0 Å². The van der Waals surface area contributed by atoms with Crippen LogP contribution in [0, 0.1) is 0 Å². The second-order valence-electron chi connectivity index (χ2n) is 4.59. The normalized spacial score (nSPS) is 12.6. The van der Waals surface area contributed by atoms with Gasteiger partial charge in [0, 0.05) is 29.1 Å². The minimum Gasteiger partial charge on any atom is -0.434 e. The third kappa shape index (κ3) is 4.75. The van der Waals surface area contributed by atoms with Gasteiger partial charge < -0.3 is 10.1 Å². The van der Waals surface area contributed by atoms with Gasteiger partial charge in [-0.3, -0.25) is 4.98 Å². The van der Waals surface area contributed by atoms with Crippen molar-refractivity contribution in [1.29, 1.82) is 0 Å². The zero-order valence-corrected chi connectivity index (χ0v) is 12.6. The third-order valence-corrected chi connectivity index (χ3v) is 3.84. The number of benzene rings is 1. The average Bonchev–Trinajstić information content (AvgIpc) is 2.96. The Balaban J connectivity index is 2.22. The Morgan fingerprint density at radius 1 is 1.33 bits per heavy atom. The summed E-state index contributed by atoms with van der Waals surface area (Å²) in [6.45, 7) is 0.0616. The van der Waals surface area contributed by atoms with Gasteiger partial charge in [0.05, 0.1) is 5.51 Å². The van der Waals surface area contributed by atoms with Gasteiger partial charge in [-0.15, -0.1) is 11.3 Å². The minimum absolute atomic E-state index is 0.0691. The number of hydrogen-bond donors (Lipinski definition) is 1. The Morgan fingerprint density at radius 2 is 2.14 bits per heavy atom. The van der Waals surface area contributed by atoms with E-state index in [0.29, 0.717) is 6.42 Å². The third-order valence-electron chi connectivity index (χ3n) is 3.04. The van der Waals surface area contributed by atoms with Gasteiger partial charge in [0.2, 0.25) is 0 Å². The lowest BCUT2D eigenvalue weighted by Crippen LogP contribution is -2.24. The first kappa shape index (κ1) is 15.9. The molecule has 0 saturated carbocycles. The van der Waals surface area contributed by atoms with Crippen LogP contribution in [-0.4, -0.2) is 18.1 Å². The van der Waals surface area contributed by atoms with Crippen LogP contribution in [0.5, 0.6) is 5.75 Å². The van der Waals surface area contributed by atoms with Gasteiger partial charge in [-0.05, 0) is 19.0 Å². The summed E-state index contributed by atoms with van der Waals surface area (Å²) in [4.78, 5) is 5.17. The van der Waals surface area contributed by atoms with E-state index in [2.05, 4.69) is 22.0 Å². The quantitative estimate of drug-likeness (QED) is 0.799. The molecule has 1 unspecified atom stereocenters. The summed E-state index contributed by atoms with van der Waals surface area (Å²) in [5.41, 5.74) is 2.52. The molecule has 114 valence electrons. The first-order valence-electron chi connectivity index (χ1n) is 6.85. The van der Waals surface area contributed by atoms with Crippen molar-refractivity contribution >= 4 is 11.3 Å². The highest BCUT2D eigenvalue weighted by Crippen LogP contribution is 2.29. The molecule has 1 aromatic heterocycles. The number of ether oxygens (including phenoxy) is 1. The predicted molar refractivity (Wildman–Crippen MR) is 79.9 cm³/mol. The minimum atomic E-state index is -2.82. The molecule has 0 bridgehead atoms. The van der Waals surface area contributed by atoms with Crippen molar-refractivity contribution in [3.63, 3.8) is 0 Å². The molecule has 0 aliphatic carbocycles. The molecule has 0 spiro atoms. The van der Waals surface area contributed by atoms with E-state index in [0.717, 1.165) is 23.4 Å². The number of alkyl halides is 2. The van der Waals surface area contributed by atoms with E-state index >= 15 is 0 Å². The number of nitrogens with zero attached hydrogens (tertiary/aromatic N) is 1. The van der Waals surface area contributed by atoms with Gasteiger partial charge >= 0.3 is 6.61 Å². The molecular formula is C15H18F2N2OS. The van der Waals surface area contributed by atoms with Gasteiger partial charge in [-0.25, -0.2) is 0 Å². The van der Waals surface area contributed by atoms with Crippen LogP contribution in [0.3, 0.4) is 0 Å². The maximum atomic E-state index is 12.5. The number of halogens is 2. The molecule has 1 aromatic carbocycles. The maximum Gasteiger partial charge on any atom is 0.387 e. The van der Waals surface area contributed by atoms with Crippen molar-refractivity contribution in [3.8, 4) is 5.75 Å². The number of hydrogen-bond acceptors (Lipinski definition) is 4. The second-order valence-corrected chi connectivity index (χ2v) is 5.57. The number of rotatable bonds is 8. The van der Waals surface area contributed by atoms with Crippen LogP contribution < -0.4 is 10.1 Å². The molecule has 0 aliphatic heterocycles. The molecule has 0 radical (unpaired) electrons. The molecule has 1 heterocycles. The van der Waals surface area contributed by atoms with Gasteiger partial charge in [0.25, 0.3) is 0 Å². The summed E-state index contributed by atoms with van der Waals surface area (Å²) in [6.07, 6.45) is 3.48. The van der Waals surface area contributed by atoms with E-state index in [1.165, 1.54) is 0 Å². The topological polar surface area (TPSA) is 34.2 Å². The molecule has 0 amide bonds. The van der Waals surface area contributed by atoms with Crippen molar-refractivity contribution < 1.29 is 13.5 Å². The zero-order valence-electron chi connectivity index (χ0n) is 11.8. The summed E-state index contributed by atoms with van der Waals surface area (Å²) >= 11 is 1.56. The summed E-state index contributed by atoms with van der Waals surface area (Å²) in [6, 6.07) is 6.87. The molecular weight excluding hydrogens is 294 g/mol. The Hall–Kier alpha value is -1.53. The summed E-state index contributed by atoms with van der Waals surface area (Å²) in [7, 11) is 0. The summed E-state index contributed by atoms with van der Waals surface area (Å²) in [5, 5.41) is 3.39. The molecule has 3 nitrogen and oxygen atoms in total. The fourth-order valence-corrected chi connectivity index (χ4v) is 2.77. The molecule has 0 saturated heterocycles. The average molecular weight is 312 g/mol. The van der Waals surface area contributed by atoms with Crippen molar-refractivity contribution in [2.24, 2.45) is 0 Å². The Morgan fingerprint density at radius 3 is 2.81 bits per heavy atom. The van der Waals surface area contributed by atoms with Crippen molar-refractivity contribution in [2.75, 3.05) is 6.54 Å². The Bertz CT molecular complexity index is 534. The lowest BCUT2D eigenvalue weighted by atomic mass is 10.0. The maximum absolute atomic E-state index is 12.5. The van der Waals surface area contributed by atoms with Crippen molar-refractivity contribution in [2.45, 2.75) is 32.4 Å². The van der Waals surface area contributed by atoms with Crippen LogP contribution in [0.15, 0.2) is 36.0 Å². The van der Waals surface area contributed by atoms with Crippen LogP contribution in [-0.2, 0) is 6.42 Å². The van der Waals surface area contributed by atoms with E-state index in [-0.39, 0.29) is 11.8 Å². The molecule has 0 aliphatic rings. The molecule has 1 N–H and O–H groups in total. The fraction of sp³-hybridized carbons (Fsp3) is 0.400. The van der Waals surface area contributed by atoms with Gasteiger partial charge in [0.15, 0.2) is 0 Å². The summed E-state index contributed by atoms with van der Waals surface area (Å²) < 4.78 is 29.7. The molecule has 2 aromatic rings. The lowest BCUT2D eigenvalue weighted by Gasteiger charge is -2.21. The van der Waals surface area contributed by atoms with E-state index < -0.39 is 6.61 Å². The van der Waals surface area contributed by atoms with Gasteiger partial charge in [-0.1, -0.05) is 25.1 Å². The fourth-order valence-electron chi connectivity index (χ4n) is 2.13. The summed E-state index contributed by atoms with van der Waals surface area (Å²) in [5.74, 6) is 0.227. The number of aromatic nitrogens is 1. The SMILES string of the molecule is CCCNC(Cc1cncs1)c1ccccc1OC(F)F. The lowest BCUT2D eigenvalue weighted by molar-refractivity contribution is -0.0507. The first-order chi connectivity index (χ1) is 10.2. The largest absolute Gasteiger partial charge is 0.434 e. The molecule has 21 heavy (non-hydrogen) atoms. The van der Waals surface area contributed by atoms with Crippen LogP contribution in [0.25, 0.3) is 0 Å². The zero-order chi connectivity index (χ0) is 15.1. The standard InChI is InChI=1S/C15H18F2N2OS/c1-2-7-19-13(8-11-9-18-10-21-11)12-5-3-4-6-14(12)20-15(16)17/h3-6,9-10,13,15,19H,2,7-8H2,1H3. The Kier molecular flexibility index (Phi) is 6.07. The first-order valence-corrected chi connectivity index (χ1v) is 7.73. The molecule has 6 heteroatoms. The van der Waals surface area contributed by atoms with Crippen LogP contribution in [0.2, 0.25) is 0 Å². The second kappa shape index (κ2) is 8.05. The van der Waals surface area contributed by atoms with Crippen LogP contribution in [0.1, 0.15) is 29.8 Å². The Labute approximate surface area is 127 Å². The monoisotopic (exact) mass is 312 g/mol. The highest BCUT2D eigenvalue weighted by Gasteiger charge is 2.18. The molecule has 2 rings (SSSR count). The van der Waals surface area contributed by atoms with Crippen molar-refractivity contribution in [1.82, 2.24) is 10.3 Å². The van der Waals surface area contributed by atoms with Crippen molar-refractivity contribution in [3.05, 3.63) is 46.4 Å². The smallest absolute Gasteiger partial charge is 0.387 e. The van der Waals surface area contributed by atoms with Crippen LogP contribution in [0.4, 0.5) is 8.78 Å². The highest BCUT2D eigenvalue weighted by atomic mass is 32.1. The number of para-hydroxylation sites is 1. The highest BCUT2D eigenvalue weighted by molar-refractivity contribution is 7.09. The molecule has 0 fully saturated rings. The van der Waals surface area contributed by atoms with Gasteiger partial charge in [-0.2, -0.15) is 8.78 Å². The van der Waals surface area contributed by atoms with E-state index in [9.17, 15) is 8.78 Å². The van der Waals surface area contributed by atoms with Gasteiger partial charge in [0.1, 0.15) is 5.75 Å². The number of thiazole rings is 1. The van der Waals surface area contributed by atoms with E-state index in [1.807, 2.05) is 18.3 Å². The van der Waals surface area contributed by atoms with Crippen LogP contribution >= 0.6 is 11.3 Å². The molecule has 1 atom stereocenters. The predicted octanol–water partition coefficient (Wildman–Crippen LogP) is 4.03. The van der Waals surface area contributed by atoms with E-state index in [1.54, 1.807) is 29.0 Å². The number of nitrogens with one attached hydrogen (secondary N) is 1.